The van der Waals surface area contributed by atoms with Crippen LogP contribution >= 0.6 is 0 Å². The monoisotopic (exact) mass is 374 g/mol. The number of carbonyl (C=O) groups is 1. The molecule has 144 valence electrons. The highest BCUT2D eigenvalue weighted by Crippen LogP contribution is 2.33. The Morgan fingerprint density at radius 2 is 1.39 bits per heavy atom. The molecular formula is C25H26O3. The summed E-state index contributed by atoms with van der Waals surface area (Å²) < 4.78 is 10.7. The molecule has 1 unspecified atom stereocenters. The number of esters is 1. The van der Waals surface area contributed by atoms with E-state index in [9.17, 15) is 4.79 Å². The van der Waals surface area contributed by atoms with Crippen LogP contribution in [0.15, 0.2) is 72.8 Å². The lowest BCUT2D eigenvalue weighted by atomic mass is 9.94. The van der Waals surface area contributed by atoms with Gasteiger partial charge in [0.2, 0.25) is 0 Å². The zero-order chi connectivity index (χ0) is 19.9. The fourth-order valence-electron chi connectivity index (χ4n) is 3.22. The summed E-state index contributed by atoms with van der Waals surface area (Å²) in [6.07, 6.45) is 1.01. The molecule has 3 aromatic rings. The molecule has 0 N–H and O–H groups in total. The van der Waals surface area contributed by atoms with Crippen LogP contribution in [0.5, 0.6) is 5.75 Å². The molecule has 28 heavy (non-hydrogen) atoms. The van der Waals surface area contributed by atoms with Crippen LogP contribution in [-0.4, -0.2) is 13.1 Å². The van der Waals surface area contributed by atoms with Crippen LogP contribution in [-0.2, 0) is 9.53 Å². The molecule has 0 aliphatic heterocycles. The number of methoxy groups -OCH3 is 1. The molecule has 0 saturated heterocycles. The minimum atomic E-state index is -0.245. The standard InChI is InChI=1S/C25H26O3/c1-4-7-25(26)28-18(2)19-10-12-20(13-11-19)23-8-5-6-9-24(23)21-14-16-22(27-3)17-15-21/h5-6,8-18H,4,7H2,1-3H3. The van der Waals surface area contributed by atoms with Crippen LogP contribution < -0.4 is 4.74 Å². The molecule has 0 aromatic heterocycles. The lowest BCUT2D eigenvalue weighted by Crippen LogP contribution is -2.08. The Morgan fingerprint density at radius 3 is 1.89 bits per heavy atom. The summed E-state index contributed by atoms with van der Waals surface area (Å²) in [5.41, 5.74) is 5.59. The topological polar surface area (TPSA) is 35.5 Å². The Kier molecular flexibility index (Phi) is 6.49. The molecule has 3 heteroatoms. The van der Waals surface area contributed by atoms with Gasteiger partial charge in [-0.05, 0) is 53.3 Å². The normalized spacial score (nSPS) is 11.7. The maximum atomic E-state index is 11.7. The third-order valence-corrected chi connectivity index (χ3v) is 4.78. The van der Waals surface area contributed by atoms with Crippen molar-refractivity contribution in [3.05, 3.63) is 78.4 Å². The summed E-state index contributed by atoms with van der Waals surface area (Å²) >= 11 is 0. The van der Waals surface area contributed by atoms with E-state index in [1.54, 1.807) is 7.11 Å². The molecule has 3 nitrogen and oxygen atoms in total. The van der Waals surface area contributed by atoms with E-state index >= 15 is 0 Å². The van der Waals surface area contributed by atoms with Crippen molar-refractivity contribution in [2.24, 2.45) is 0 Å². The van der Waals surface area contributed by atoms with Gasteiger partial charge in [0.25, 0.3) is 0 Å². The maximum Gasteiger partial charge on any atom is 0.306 e. The van der Waals surface area contributed by atoms with Crippen LogP contribution in [0.25, 0.3) is 22.3 Å². The first-order valence-corrected chi connectivity index (χ1v) is 9.65. The Bertz CT molecular complexity index is 911. The average Bonchev–Trinajstić information content (AvgIpc) is 2.74. The maximum absolute atomic E-state index is 11.7. The Hall–Kier alpha value is -3.07. The minimum absolute atomic E-state index is 0.149. The van der Waals surface area contributed by atoms with Crippen molar-refractivity contribution in [1.82, 2.24) is 0 Å². The molecule has 0 radical (unpaired) electrons. The van der Waals surface area contributed by atoms with Gasteiger partial charge in [0.15, 0.2) is 0 Å². The zero-order valence-electron chi connectivity index (χ0n) is 16.6. The molecule has 0 bridgehead atoms. The van der Waals surface area contributed by atoms with E-state index in [2.05, 4.69) is 36.4 Å². The van der Waals surface area contributed by atoms with Gasteiger partial charge in [-0.2, -0.15) is 0 Å². The largest absolute Gasteiger partial charge is 0.497 e. The van der Waals surface area contributed by atoms with Crippen molar-refractivity contribution in [3.63, 3.8) is 0 Å². The lowest BCUT2D eigenvalue weighted by molar-refractivity contribution is -0.148. The van der Waals surface area contributed by atoms with Gasteiger partial charge in [-0.1, -0.05) is 67.6 Å². The molecule has 3 aromatic carbocycles. The predicted molar refractivity (Wildman–Crippen MR) is 113 cm³/mol. The van der Waals surface area contributed by atoms with Gasteiger partial charge in [-0.3, -0.25) is 4.79 Å². The minimum Gasteiger partial charge on any atom is -0.497 e. The van der Waals surface area contributed by atoms with Gasteiger partial charge < -0.3 is 9.47 Å². The van der Waals surface area contributed by atoms with Crippen LogP contribution in [0.1, 0.15) is 38.4 Å². The summed E-state index contributed by atoms with van der Waals surface area (Å²) in [6, 6.07) is 24.7. The second kappa shape index (κ2) is 9.23. The van der Waals surface area contributed by atoms with Crippen LogP contribution in [0.4, 0.5) is 0 Å². The number of hydrogen-bond acceptors (Lipinski definition) is 3. The highest BCUT2D eigenvalue weighted by molar-refractivity contribution is 5.83. The van der Waals surface area contributed by atoms with Crippen molar-refractivity contribution in [1.29, 1.82) is 0 Å². The molecule has 0 aliphatic carbocycles. The van der Waals surface area contributed by atoms with Crippen LogP contribution in [0.3, 0.4) is 0 Å². The molecule has 0 spiro atoms. The molecule has 3 rings (SSSR count). The number of carbonyl (C=O) groups excluding carboxylic acids is 1. The van der Waals surface area contributed by atoms with E-state index in [0.717, 1.165) is 34.4 Å². The summed E-state index contributed by atoms with van der Waals surface area (Å²) in [4.78, 5) is 11.7. The van der Waals surface area contributed by atoms with Crippen molar-refractivity contribution in [2.75, 3.05) is 7.11 Å². The summed E-state index contributed by atoms with van der Waals surface area (Å²) in [5, 5.41) is 0. The van der Waals surface area contributed by atoms with Gasteiger partial charge in [-0.15, -0.1) is 0 Å². The number of hydrogen-bond donors (Lipinski definition) is 0. The molecular weight excluding hydrogens is 348 g/mol. The first kappa shape index (κ1) is 19.7. The Morgan fingerprint density at radius 1 is 0.857 bits per heavy atom. The van der Waals surface area contributed by atoms with E-state index in [1.807, 2.05) is 50.2 Å². The van der Waals surface area contributed by atoms with Gasteiger partial charge in [0, 0.05) is 6.42 Å². The second-order valence-electron chi connectivity index (χ2n) is 6.78. The molecule has 0 fully saturated rings. The van der Waals surface area contributed by atoms with E-state index < -0.39 is 0 Å². The molecule has 0 saturated carbocycles. The summed E-state index contributed by atoms with van der Waals surface area (Å²) in [7, 11) is 1.67. The Labute approximate surface area is 166 Å². The number of benzene rings is 3. The highest BCUT2D eigenvalue weighted by Gasteiger charge is 2.12. The first-order chi connectivity index (χ1) is 13.6. The van der Waals surface area contributed by atoms with E-state index in [4.69, 9.17) is 9.47 Å². The first-order valence-electron chi connectivity index (χ1n) is 9.65. The third kappa shape index (κ3) is 4.61. The number of rotatable bonds is 7. The fraction of sp³-hybridized carbons (Fsp3) is 0.240. The second-order valence-corrected chi connectivity index (χ2v) is 6.78. The van der Waals surface area contributed by atoms with E-state index in [-0.39, 0.29) is 12.1 Å². The SMILES string of the molecule is CCCC(=O)OC(C)c1ccc(-c2ccccc2-c2ccc(OC)cc2)cc1. The average molecular weight is 374 g/mol. The smallest absolute Gasteiger partial charge is 0.306 e. The van der Waals surface area contributed by atoms with Crippen molar-refractivity contribution in [3.8, 4) is 28.0 Å². The molecule has 0 aliphatic rings. The quantitative estimate of drug-likeness (QED) is 0.447. The molecule has 1 atom stereocenters. The molecule has 0 amide bonds. The van der Waals surface area contributed by atoms with Gasteiger partial charge >= 0.3 is 5.97 Å². The predicted octanol–water partition coefficient (Wildman–Crippen LogP) is 6.43. The van der Waals surface area contributed by atoms with Crippen molar-refractivity contribution in [2.45, 2.75) is 32.8 Å². The van der Waals surface area contributed by atoms with E-state index in [0.29, 0.717) is 6.42 Å². The zero-order valence-corrected chi connectivity index (χ0v) is 16.6. The summed E-state index contributed by atoms with van der Waals surface area (Å²) in [5.74, 6) is 0.695. The van der Waals surface area contributed by atoms with Gasteiger partial charge in [0.05, 0.1) is 7.11 Å². The van der Waals surface area contributed by atoms with Crippen LogP contribution in [0, 0.1) is 0 Å². The van der Waals surface area contributed by atoms with Crippen molar-refractivity contribution < 1.29 is 14.3 Å². The van der Waals surface area contributed by atoms with Crippen molar-refractivity contribution >= 4 is 5.97 Å². The van der Waals surface area contributed by atoms with E-state index in [1.165, 1.54) is 5.56 Å². The third-order valence-electron chi connectivity index (χ3n) is 4.78. The van der Waals surface area contributed by atoms with Crippen LogP contribution in [0.2, 0.25) is 0 Å². The fourth-order valence-corrected chi connectivity index (χ4v) is 3.22. The number of ether oxygens (including phenoxy) is 2. The molecule has 0 heterocycles. The highest BCUT2D eigenvalue weighted by atomic mass is 16.5. The summed E-state index contributed by atoms with van der Waals surface area (Å²) in [6.45, 7) is 3.88. The van der Waals surface area contributed by atoms with Gasteiger partial charge in [-0.25, -0.2) is 0 Å². The van der Waals surface area contributed by atoms with Gasteiger partial charge in [0.1, 0.15) is 11.9 Å². The Balaban J connectivity index is 1.85. The lowest BCUT2D eigenvalue weighted by Gasteiger charge is -2.15.